The van der Waals surface area contributed by atoms with Crippen molar-refractivity contribution in [1.82, 2.24) is 4.98 Å². The first-order chi connectivity index (χ1) is 9.28. The van der Waals surface area contributed by atoms with Crippen LogP contribution in [-0.2, 0) is 0 Å². The molecule has 1 amide bonds. The van der Waals surface area contributed by atoms with Gasteiger partial charge in [0.15, 0.2) is 0 Å². The van der Waals surface area contributed by atoms with E-state index in [0.717, 1.165) is 6.07 Å². The number of alkyl halides is 3. The Morgan fingerprint density at radius 1 is 1.25 bits per heavy atom. The molecule has 5 N–H and O–H groups in total. The molecule has 0 spiro atoms. The minimum Gasteiger partial charge on any atom is -0.405 e. The zero-order valence-electron chi connectivity index (χ0n) is 9.99. The predicted molar refractivity (Wildman–Crippen MR) is 65.8 cm³/mol. The monoisotopic (exact) mass is 285 g/mol. The molecule has 0 radical (unpaired) electrons. The Balaban J connectivity index is 2.48. The highest BCUT2D eigenvalue weighted by molar-refractivity contribution is 5.99. The van der Waals surface area contributed by atoms with Crippen molar-refractivity contribution in [3.05, 3.63) is 35.9 Å². The zero-order chi connectivity index (χ0) is 14.9. The highest BCUT2D eigenvalue weighted by atomic mass is 19.4. The van der Waals surface area contributed by atoms with Gasteiger partial charge in [0, 0.05) is 5.56 Å². The maximum absolute atomic E-state index is 12.3. The van der Waals surface area contributed by atoms with Crippen molar-refractivity contribution in [2.45, 2.75) is 6.36 Å². The number of halogens is 3. The molecule has 1 aromatic heterocycles. The molecule has 0 aliphatic rings. The summed E-state index contributed by atoms with van der Waals surface area (Å²) in [4.78, 5) is 13.7. The summed E-state index contributed by atoms with van der Waals surface area (Å²) in [5.41, 5.74) is 11.0. The number of nitrogens with two attached hydrogens (primary N) is 2. The predicted octanol–water partition coefficient (Wildman–Crippen LogP) is 2.26. The average Bonchev–Trinajstić information content (AvgIpc) is 2.70. The van der Waals surface area contributed by atoms with Gasteiger partial charge in [-0.05, 0) is 18.2 Å². The number of nitrogens with one attached hydrogen (secondary N) is 1. The van der Waals surface area contributed by atoms with Crippen LogP contribution in [0.15, 0.2) is 30.3 Å². The fourth-order valence-corrected chi connectivity index (χ4v) is 1.72. The molecule has 0 fully saturated rings. The number of amides is 1. The lowest BCUT2D eigenvalue weighted by molar-refractivity contribution is -0.274. The summed E-state index contributed by atoms with van der Waals surface area (Å²) >= 11 is 0. The van der Waals surface area contributed by atoms with Gasteiger partial charge in [0.2, 0.25) is 0 Å². The molecule has 0 aliphatic heterocycles. The van der Waals surface area contributed by atoms with Crippen molar-refractivity contribution in [2.24, 2.45) is 5.73 Å². The molecule has 2 rings (SSSR count). The molecule has 20 heavy (non-hydrogen) atoms. The number of ether oxygens (including phenoxy) is 1. The molecule has 0 saturated carbocycles. The van der Waals surface area contributed by atoms with E-state index in [9.17, 15) is 18.0 Å². The molecule has 0 atom stereocenters. The van der Waals surface area contributed by atoms with E-state index in [4.69, 9.17) is 11.5 Å². The van der Waals surface area contributed by atoms with Crippen molar-refractivity contribution >= 4 is 11.7 Å². The highest BCUT2D eigenvalue weighted by Crippen LogP contribution is 2.34. The van der Waals surface area contributed by atoms with Crippen LogP contribution >= 0.6 is 0 Å². The summed E-state index contributed by atoms with van der Waals surface area (Å²) in [6, 6.07) is 6.75. The van der Waals surface area contributed by atoms with Gasteiger partial charge in [0.05, 0.1) is 11.3 Å². The Bertz CT molecular complexity index is 650. The second-order valence-corrected chi connectivity index (χ2v) is 3.92. The van der Waals surface area contributed by atoms with Crippen LogP contribution in [0.1, 0.15) is 10.4 Å². The van der Waals surface area contributed by atoms with Crippen molar-refractivity contribution in [1.29, 1.82) is 0 Å². The minimum absolute atomic E-state index is 0.00168. The number of para-hydroxylation sites is 1. The van der Waals surface area contributed by atoms with Gasteiger partial charge < -0.3 is 21.2 Å². The maximum Gasteiger partial charge on any atom is 0.573 e. The van der Waals surface area contributed by atoms with Gasteiger partial charge in [-0.3, -0.25) is 4.79 Å². The van der Waals surface area contributed by atoms with E-state index in [1.165, 1.54) is 24.3 Å². The highest BCUT2D eigenvalue weighted by Gasteiger charge is 2.32. The standard InChI is InChI=1S/C12H10F3N3O2/c13-12(14,15)20-9-4-2-1-3-6(9)8-5-7(11(17)19)10(16)18-8/h1-5,18H,16H2,(H2,17,19). The van der Waals surface area contributed by atoms with E-state index >= 15 is 0 Å². The second kappa shape index (κ2) is 4.80. The van der Waals surface area contributed by atoms with Crippen LogP contribution in [0.3, 0.4) is 0 Å². The number of H-pyrrole nitrogens is 1. The maximum atomic E-state index is 12.3. The van der Waals surface area contributed by atoms with Crippen molar-refractivity contribution in [3.8, 4) is 17.0 Å². The summed E-state index contributed by atoms with van der Waals surface area (Å²) in [6.07, 6.45) is -4.82. The zero-order valence-corrected chi connectivity index (χ0v) is 9.99. The number of carbonyl (C=O) groups is 1. The largest absolute Gasteiger partial charge is 0.573 e. The Morgan fingerprint density at radius 3 is 2.45 bits per heavy atom. The lowest BCUT2D eigenvalue weighted by Crippen LogP contribution is -2.17. The van der Waals surface area contributed by atoms with E-state index in [0.29, 0.717) is 0 Å². The molecular formula is C12H10F3N3O2. The Kier molecular flexibility index (Phi) is 3.31. The topological polar surface area (TPSA) is 94.1 Å². The summed E-state index contributed by atoms with van der Waals surface area (Å²) in [5.74, 6) is -1.20. The fraction of sp³-hybridized carbons (Fsp3) is 0.0833. The van der Waals surface area contributed by atoms with Crippen LogP contribution in [-0.4, -0.2) is 17.3 Å². The molecule has 0 saturated heterocycles. The van der Waals surface area contributed by atoms with Crippen molar-refractivity contribution in [2.75, 3.05) is 5.73 Å². The summed E-state index contributed by atoms with van der Waals surface area (Å²) in [6.45, 7) is 0. The molecule has 0 aliphatic carbocycles. The van der Waals surface area contributed by atoms with Crippen LogP contribution < -0.4 is 16.2 Å². The Morgan fingerprint density at radius 2 is 1.90 bits per heavy atom. The van der Waals surface area contributed by atoms with Crippen LogP contribution in [0, 0.1) is 0 Å². The molecule has 2 aromatic rings. The van der Waals surface area contributed by atoms with Gasteiger partial charge in [-0.25, -0.2) is 0 Å². The first kappa shape index (κ1) is 13.8. The van der Waals surface area contributed by atoms with Gasteiger partial charge in [-0.1, -0.05) is 12.1 Å². The Labute approximate surface area is 111 Å². The van der Waals surface area contributed by atoms with E-state index in [1.807, 2.05) is 0 Å². The fourth-order valence-electron chi connectivity index (χ4n) is 1.72. The lowest BCUT2D eigenvalue weighted by Gasteiger charge is -2.12. The molecule has 0 bridgehead atoms. The van der Waals surface area contributed by atoms with E-state index in [1.54, 1.807) is 0 Å². The van der Waals surface area contributed by atoms with Crippen molar-refractivity contribution < 1.29 is 22.7 Å². The van der Waals surface area contributed by atoms with Gasteiger partial charge in [-0.15, -0.1) is 13.2 Å². The number of anilines is 1. The van der Waals surface area contributed by atoms with Crippen LogP contribution in [0.25, 0.3) is 11.3 Å². The van der Waals surface area contributed by atoms with E-state index in [2.05, 4.69) is 9.72 Å². The number of benzene rings is 1. The number of primary amides is 1. The summed E-state index contributed by atoms with van der Waals surface area (Å²) < 4.78 is 40.9. The third-order valence-corrected chi connectivity index (χ3v) is 2.52. The van der Waals surface area contributed by atoms with Crippen molar-refractivity contribution in [3.63, 3.8) is 0 Å². The summed E-state index contributed by atoms with van der Waals surface area (Å²) in [7, 11) is 0. The quantitative estimate of drug-likeness (QED) is 0.807. The van der Waals surface area contributed by atoms with Gasteiger partial charge in [-0.2, -0.15) is 0 Å². The number of hydrogen-bond donors (Lipinski definition) is 3. The van der Waals surface area contributed by atoms with Gasteiger partial charge in [0.1, 0.15) is 11.6 Å². The number of aromatic amines is 1. The third kappa shape index (κ3) is 2.85. The third-order valence-electron chi connectivity index (χ3n) is 2.52. The Hall–Kier alpha value is -2.64. The molecular weight excluding hydrogens is 275 g/mol. The molecule has 106 valence electrons. The molecule has 1 heterocycles. The average molecular weight is 285 g/mol. The molecule has 5 nitrogen and oxygen atoms in total. The van der Waals surface area contributed by atoms with E-state index < -0.39 is 18.0 Å². The van der Waals surface area contributed by atoms with Gasteiger partial charge in [0.25, 0.3) is 5.91 Å². The number of nitrogen functional groups attached to an aromatic ring is 1. The number of hydrogen-bond acceptors (Lipinski definition) is 3. The normalized spacial score (nSPS) is 11.3. The molecule has 1 aromatic carbocycles. The summed E-state index contributed by atoms with van der Waals surface area (Å²) in [5, 5.41) is 0. The van der Waals surface area contributed by atoms with E-state index in [-0.39, 0.29) is 22.6 Å². The second-order valence-electron chi connectivity index (χ2n) is 3.92. The molecule has 8 heteroatoms. The minimum atomic E-state index is -4.82. The first-order valence-electron chi connectivity index (χ1n) is 5.41. The number of aromatic nitrogens is 1. The number of rotatable bonds is 3. The van der Waals surface area contributed by atoms with Crippen LogP contribution in [0.4, 0.5) is 19.0 Å². The first-order valence-corrected chi connectivity index (χ1v) is 5.41. The van der Waals surface area contributed by atoms with Gasteiger partial charge >= 0.3 is 6.36 Å². The van der Waals surface area contributed by atoms with Crippen LogP contribution in [0.2, 0.25) is 0 Å². The SMILES string of the molecule is NC(=O)c1cc(-c2ccccc2OC(F)(F)F)[nH]c1N. The smallest absolute Gasteiger partial charge is 0.405 e. The van der Waals surface area contributed by atoms with Crippen LogP contribution in [0.5, 0.6) is 5.75 Å². The number of carbonyl (C=O) groups excluding carboxylic acids is 1. The lowest BCUT2D eigenvalue weighted by atomic mass is 10.1. The molecule has 0 unspecified atom stereocenters.